The molecule has 0 saturated carbocycles. The number of hydrogen-bond donors (Lipinski definition) is 0. The zero-order valence-electron chi connectivity index (χ0n) is 8.70. The van der Waals surface area contributed by atoms with Crippen LogP contribution in [-0.4, -0.2) is 22.6 Å². The molecule has 0 amide bonds. The topological polar surface area (TPSA) is 26.3 Å². The van der Waals surface area contributed by atoms with E-state index in [1.165, 1.54) is 5.56 Å². The van der Waals surface area contributed by atoms with Crippen molar-refractivity contribution in [1.29, 1.82) is 0 Å². The van der Waals surface area contributed by atoms with Crippen molar-refractivity contribution in [3.8, 4) is 0 Å². The molecule has 0 saturated heterocycles. The third-order valence-electron chi connectivity index (χ3n) is 2.09. The Morgan fingerprint density at radius 1 is 1.21 bits per heavy atom. The van der Waals surface area contributed by atoms with Crippen LogP contribution in [-0.2, 0) is 9.20 Å². The molecule has 0 aromatic heterocycles. The van der Waals surface area contributed by atoms with Crippen LogP contribution in [0.4, 0.5) is 0 Å². The zero-order chi connectivity index (χ0) is 10.8. The number of carbonyl (C=O) groups excluding carboxylic acids is 1. The Kier molecular flexibility index (Phi) is 3.36. The van der Waals surface area contributed by atoms with E-state index in [2.05, 4.69) is 24.6 Å². The van der Waals surface area contributed by atoms with Gasteiger partial charge in [-0.15, -0.1) is 0 Å². The van der Waals surface area contributed by atoms with Gasteiger partial charge in [0.2, 0.25) is 0 Å². The van der Waals surface area contributed by atoms with Gasteiger partial charge in [0.1, 0.15) is 0 Å². The molecule has 1 rings (SSSR count). The molecule has 0 atom stereocenters. The third kappa shape index (κ3) is 2.60. The molecule has 0 N–H and O–H groups in total. The number of carbonyl (C=O) groups is 1. The van der Waals surface area contributed by atoms with E-state index in [1.807, 2.05) is 28.8 Å². The van der Waals surface area contributed by atoms with E-state index in [1.54, 1.807) is 12.1 Å². The molecule has 14 heavy (non-hydrogen) atoms. The number of benzene rings is 1. The fourth-order valence-corrected chi connectivity index (χ4v) is 1.31. The van der Waals surface area contributed by atoms with Crippen molar-refractivity contribution in [2.75, 3.05) is 0 Å². The molecule has 0 spiro atoms. The quantitative estimate of drug-likeness (QED) is 0.655. The summed E-state index contributed by atoms with van der Waals surface area (Å²) in [6.45, 7) is 6.40. The Morgan fingerprint density at radius 3 is 2.07 bits per heavy atom. The molecule has 0 bridgehead atoms. The van der Waals surface area contributed by atoms with Gasteiger partial charge in [-0.05, 0) is 0 Å². The van der Waals surface area contributed by atoms with E-state index < -0.39 is 0 Å². The molecule has 0 fully saturated rings. The number of hydrogen-bond acceptors (Lipinski definition) is 2. The van der Waals surface area contributed by atoms with Crippen LogP contribution in [0.3, 0.4) is 0 Å². The van der Waals surface area contributed by atoms with Crippen molar-refractivity contribution in [2.24, 2.45) is 0 Å². The standard InChI is InChI=1S/C11H14O2.Al/c1-11(2,3)9-6-4-8(5-7-9)10(12)13;/h4-7H,1-3H3,(H,12,13);/q;+3/p-1. The number of rotatable bonds is 1. The van der Waals surface area contributed by atoms with Crippen LogP contribution in [0, 0.1) is 0 Å². The average Bonchev–Trinajstić information content (AvgIpc) is 2.15. The van der Waals surface area contributed by atoms with E-state index in [0.717, 1.165) is 0 Å². The molecule has 70 valence electrons. The second kappa shape index (κ2) is 4.17. The monoisotopic (exact) mass is 204 g/mol. The van der Waals surface area contributed by atoms with Crippen LogP contribution in [0.1, 0.15) is 36.7 Å². The van der Waals surface area contributed by atoms with Gasteiger partial charge >= 0.3 is 92.8 Å². The van der Waals surface area contributed by atoms with E-state index in [4.69, 9.17) is 0 Å². The summed E-state index contributed by atoms with van der Waals surface area (Å²) in [5, 5.41) is 0. The van der Waals surface area contributed by atoms with Crippen molar-refractivity contribution < 1.29 is 8.58 Å². The molecular formula is C11H13AlO2+2. The van der Waals surface area contributed by atoms with E-state index in [0.29, 0.717) is 5.56 Å². The third-order valence-corrected chi connectivity index (χ3v) is 2.31. The maximum atomic E-state index is 11.1. The van der Waals surface area contributed by atoms with Crippen LogP contribution >= 0.6 is 0 Å². The average molecular weight is 204 g/mol. The van der Waals surface area contributed by atoms with Crippen LogP contribution in [0.15, 0.2) is 24.3 Å². The Morgan fingerprint density at radius 2 is 1.71 bits per heavy atom. The molecule has 0 aliphatic heterocycles. The normalized spacial score (nSPS) is 11.2. The van der Waals surface area contributed by atoms with Gasteiger partial charge in [-0.1, -0.05) is 0 Å². The molecule has 2 nitrogen and oxygen atoms in total. The van der Waals surface area contributed by atoms with Gasteiger partial charge in [-0.25, -0.2) is 0 Å². The van der Waals surface area contributed by atoms with Crippen LogP contribution in [0.2, 0.25) is 0 Å². The fourth-order valence-electron chi connectivity index (χ4n) is 1.17. The van der Waals surface area contributed by atoms with Gasteiger partial charge in [0.05, 0.1) is 0 Å². The summed E-state index contributed by atoms with van der Waals surface area (Å²) in [5.74, 6) is -0.324. The minimum absolute atomic E-state index is 0.114. The predicted molar refractivity (Wildman–Crippen MR) is 56.3 cm³/mol. The van der Waals surface area contributed by atoms with E-state index in [-0.39, 0.29) is 11.4 Å². The van der Waals surface area contributed by atoms with Crippen LogP contribution < -0.4 is 0 Å². The first kappa shape index (κ1) is 11.3. The summed E-state index contributed by atoms with van der Waals surface area (Å²) in [7, 11) is 0. The molecule has 0 aliphatic rings. The van der Waals surface area contributed by atoms with Crippen LogP contribution in [0.25, 0.3) is 0 Å². The Balaban J connectivity index is 2.95. The van der Waals surface area contributed by atoms with Gasteiger partial charge in [-0.2, -0.15) is 0 Å². The van der Waals surface area contributed by atoms with Gasteiger partial charge in [-0.3, -0.25) is 0 Å². The minimum atomic E-state index is -0.324. The van der Waals surface area contributed by atoms with Gasteiger partial charge in [0.15, 0.2) is 0 Å². The summed E-state index contributed by atoms with van der Waals surface area (Å²) in [6.07, 6.45) is 0. The van der Waals surface area contributed by atoms with Crippen molar-refractivity contribution in [3.63, 3.8) is 0 Å². The molecule has 0 aliphatic carbocycles. The zero-order valence-corrected chi connectivity index (χ0v) is 9.86. The molecule has 1 aromatic rings. The van der Waals surface area contributed by atoms with Crippen molar-refractivity contribution in [3.05, 3.63) is 35.4 Å². The first-order valence-electron chi connectivity index (χ1n) is 4.47. The summed E-state index contributed by atoms with van der Waals surface area (Å²) in [4.78, 5) is 11.1. The SMILES string of the molecule is CC(C)(C)c1ccc(C(=O)[O][Al+2])cc1. The Bertz CT molecular complexity index is 322. The molecule has 0 radical (unpaired) electrons. The predicted octanol–water partition coefficient (Wildman–Crippen LogP) is 2.22. The molecule has 3 heteroatoms. The van der Waals surface area contributed by atoms with Crippen LogP contribution in [0.5, 0.6) is 0 Å². The van der Waals surface area contributed by atoms with E-state index >= 15 is 0 Å². The molecule has 0 heterocycles. The molecule has 1 aromatic carbocycles. The van der Waals surface area contributed by atoms with Crippen molar-refractivity contribution >= 4 is 22.6 Å². The summed E-state index contributed by atoms with van der Waals surface area (Å²) >= 11 is 1.95. The van der Waals surface area contributed by atoms with Gasteiger partial charge in [0, 0.05) is 0 Å². The Hall–Kier alpha value is -0.778. The first-order valence-corrected chi connectivity index (χ1v) is 4.94. The summed E-state index contributed by atoms with van der Waals surface area (Å²) in [6, 6.07) is 7.48. The summed E-state index contributed by atoms with van der Waals surface area (Å²) < 4.78 is 4.54. The summed E-state index contributed by atoms with van der Waals surface area (Å²) in [5.41, 5.74) is 1.90. The van der Waals surface area contributed by atoms with Gasteiger partial charge < -0.3 is 0 Å². The maximum absolute atomic E-state index is 11.1. The second-order valence-corrected chi connectivity index (χ2v) is 4.47. The van der Waals surface area contributed by atoms with E-state index in [9.17, 15) is 4.79 Å². The van der Waals surface area contributed by atoms with Crippen molar-refractivity contribution in [2.45, 2.75) is 26.2 Å². The molecule has 0 unspecified atom stereocenters. The second-order valence-electron chi connectivity index (χ2n) is 4.23. The Labute approximate surface area is 93.0 Å². The first-order chi connectivity index (χ1) is 6.45. The van der Waals surface area contributed by atoms with Crippen molar-refractivity contribution in [1.82, 2.24) is 0 Å². The van der Waals surface area contributed by atoms with Gasteiger partial charge in [0.25, 0.3) is 0 Å². The fraction of sp³-hybridized carbons (Fsp3) is 0.364. The molecular weight excluding hydrogens is 191 g/mol.